The third kappa shape index (κ3) is 8.94. The molecule has 0 aliphatic carbocycles. The molecule has 4 nitrogen and oxygen atoms in total. The van der Waals surface area contributed by atoms with Gasteiger partial charge in [-0.05, 0) is 50.4 Å². The molecule has 0 saturated carbocycles. The summed E-state index contributed by atoms with van der Waals surface area (Å²) in [6, 6.07) is 6.32. The molecule has 23 heavy (non-hydrogen) atoms. The van der Waals surface area contributed by atoms with E-state index < -0.39 is 0 Å². The van der Waals surface area contributed by atoms with Gasteiger partial charge in [0.25, 0.3) is 0 Å². The van der Waals surface area contributed by atoms with Crippen molar-refractivity contribution in [3.05, 3.63) is 29.3 Å². The number of unbranched alkanes of at least 4 members (excludes halogenated alkanes) is 4. The van der Waals surface area contributed by atoms with Gasteiger partial charge >= 0.3 is 0 Å². The predicted molar refractivity (Wildman–Crippen MR) is 95.1 cm³/mol. The van der Waals surface area contributed by atoms with Crippen LogP contribution in [0.1, 0.15) is 43.2 Å². The Hall–Kier alpha value is -1.10. The topological polar surface area (TPSA) is 52.9 Å². The van der Waals surface area contributed by atoms with Crippen LogP contribution in [0.25, 0.3) is 0 Å². The zero-order valence-electron chi connectivity index (χ0n) is 14.8. The summed E-state index contributed by atoms with van der Waals surface area (Å²) in [6.07, 6.45) is 5.80. The summed E-state index contributed by atoms with van der Waals surface area (Å²) in [5.41, 5.74) is 2.43. The van der Waals surface area contributed by atoms with Gasteiger partial charge in [0.05, 0.1) is 19.8 Å². The van der Waals surface area contributed by atoms with Gasteiger partial charge in [0, 0.05) is 13.1 Å². The summed E-state index contributed by atoms with van der Waals surface area (Å²) >= 11 is 0. The van der Waals surface area contributed by atoms with Gasteiger partial charge in [-0.1, -0.05) is 31.4 Å². The normalized spacial score (nSPS) is 11.2. The monoisotopic (exact) mass is 323 g/mol. The third-order valence-corrected chi connectivity index (χ3v) is 4.05. The minimum Gasteiger partial charge on any atom is -0.493 e. The maximum Gasteiger partial charge on any atom is 0.122 e. The first-order chi connectivity index (χ1) is 11.2. The van der Waals surface area contributed by atoms with Gasteiger partial charge in [0.2, 0.25) is 0 Å². The zero-order chi connectivity index (χ0) is 16.9. The van der Waals surface area contributed by atoms with E-state index in [-0.39, 0.29) is 13.2 Å². The van der Waals surface area contributed by atoms with Crippen molar-refractivity contribution in [3.63, 3.8) is 0 Å². The van der Waals surface area contributed by atoms with Gasteiger partial charge in [-0.15, -0.1) is 0 Å². The van der Waals surface area contributed by atoms with Gasteiger partial charge in [-0.3, -0.25) is 4.90 Å². The third-order valence-electron chi connectivity index (χ3n) is 4.05. The van der Waals surface area contributed by atoms with Crippen LogP contribution in [0.2, 0.25) is 0 Å². The maximum absolute atomic E-state index is 8.96. The Bertz CT molecular complexity index is 417. The molecule has 0 aromatic heterocycles. The van der Waals surface area contributed by atoms with E-state index in [1.54, 1.807) is 0 Å². The Labute approximate surface area is 141 Å². The summed E-state index contributed by atoms with van der Waals surface area (Å²) in [5.74, 6) is 1.01. The molecular weight excluding hydrogens is 290 g/mol. The van der Waals surface area contributed by atoms with Crippen molar-refractivity contribution in [1.29, 1.82) is 0 Å². The van der Waals surface area contributed by atoms with Crippen LogP contribution in [0.5, 0.6) is 5.75 Å². The fraction of sp³-hybridized carbons (Fsp3) is 0.684. The lowest BCUT2D eigenvalue weighted by atomic mass is 10.1. The first-order valence-corrected chi connectivity index (χ1v) is 8.81. The van der Waals surface area contributed by atoms with Crippen LogP contribution in [-0.2, 0) is 0 Å². The fourth-order valence-corrected chi connectivity index (χ4v) is 2.63. The number of rotatable bonds is 13. The van der Waals surface area contributed by atoms with Gasteiger partial charge in [0.15, 0.2) is 0 Å². The summed E-state index contributed by atoms with van der Waals surface area (Å²) in [7, 11) is 0. The second-order valence-electron chi connectivity index (χ2n) is 6.17. The second kappa shape index (κ2) is 12.3. The molecule has 1 aromatic rings. The van der Waals surface area contributed by atoms with Crippen molar-refractivity contribution in [2.24, 2.45) is 0 Å². The van der Waals surface area contributed by atoms with Crippen molar-refractivity contribution in [2.45, 2.75) is 46.0 Å². The van der Waals surface area contributed by atoms with Crippen LogP contribution in [0.15, 0.2) is 18.2 Å². The highest BCUT2D eigenvalue weighted by Crippen LogP contribution is 2.19. The average Bonchev–Trinajstić information content (AvgIpc) is 2.53. The Morgan fingerprint density at radius 3 is 2.22 bits per heavy atom. The number of benzene rings is 1. The fourth-order valence-electron chi connectivity index (χ4n) is 2.63. The molecule has 1 aromatic carbocycles. The van der Waals surface area contributed by atoms with E-state index in [0.717, 1.165) is 31.7 Å². The summed E-state index contributed by atoms with van der Waals surface area (Å²) in [6.45, 7) is 7.55. The molecule has 132 valence electrons. The summed E-state index contributed by atoms with van der Waals surface area (Å²) in [4.78, 5) is 2.11. The maximum atomic E-state index is 8.96. The predicted octanol–water partition coefficient (Wildman–Crippen LogP) is 2.92. The van der Waals surface area contributed by atoms with Crippen LogP contribution in [0.3, 0.4) is 0 Å². The highest BCUT2D eigenvalue weighted by Gasteiger charge is 2.03. The Balaban J connectivity index is 2.04. The number of hydrogen-bond acceptors (Lipinski definition) is 4. The molecule has 0 aliphatic heterocycles. The SMILES string of the molecule is Cc1ccc(C)c(OCCCCCCCN(CCO)CCO)c1. The first kappa shape index (κ1) is 19.9. The van der Waals surface area contributed by atoms with Gasteiger partial charge in [0.1, 0.15) is 5.75 Å². The molecular formula is C19H33NO3. The smallest absolute Gasteiger partial charge is 0.122 e. The minimum absolute atomic E-state index is 0.162. The molecule has 0 heterocycles. The molecule has 0 radical (unpaired) electrons. The molecule has 0 aliphatic rings. The quantitative estimate of drug-likeness (QED) is 0.548. The lowest BCUT2D eigenvalue weighted by Crippen LogP contribution is -2.30. The molecule has 2 N–H and O–H groups in total. The van der Waals surface area contributed by atoms with E-state index >= 15 is 0 Å². The van der Waals surface area contributed by atoms with Crippen LogP contribution in [-0.4, -0.2) is 54.6 Å². The number of ether oxygens (including phenoxy) is 1. The number of aryl methyl sites for hydroxylation is 2. The molecule has 0 atom stereocenters. The van der Waals surface area contributed by atoms with E-state index in [0.29, 0.717) is 13.1 Å². The summed E-state index contributed by atoms with van der Waals surface area (Å²) in [5, 5.41) is 17.9. The molecule has 0 unspecified atom stereocenters. The molecule has 4 heteroatoms. The van der Waals surface area contributed by atoms with Gasteiger partial charge in [-0.25, -0.2) is 0 Å². The largest absolute Gasteiger partial charge is 0.493 e. The highest BCUT2D eigenvalue weighted by atomic mass is 16.5. The van der Waals surface area contributed by atoms with E-state index in [2.05, 4.69) is 36.9 Å². The van der Waals surface area contributed by atoms with E-state index in [1.807, 2.05) is 0 Å². The van der Waals surface area contributed by atoms with Gasteiger partial charge < -0.3 is 14.9 Å². The molecule has 0 spiro atoms. The Kier molecular flexibility index (Phi) is 10.7. The number of aliphatic hydroxyl groups is 2. The van der Waals surface area contributed by atoms with Crippen molar-refractivity contribution >= 4 is 0 Å². The molecule has 0 fully saturated rings. The summed E-state index contributed by atoms with van der Waals surface area (Å²) < 4.78 is 5.86. The number of nitrogens with zero attached hydrogens (tertiary/aromatic N) is 1. The number of aliphatic hydroxyl groups excluding tert-OH is 2. The Morgan fingerprint density at radius 2 is 1.52 bits per heavy atom. The van der Waals surface area contributed by atoms with E-state index in [1.165, 1.54) is 30.4 Å². The van der Waals surface area contributed by atoms with E-state index in [9.17, 15) is 0 Å². The second-order valence-corrected chi connectivity index (χ2v) is 6.17. The van der Waals surface area contributed by atoms with Crippen molar-refractivity contribution in [3.8, 4) is 5.75 Å². The van der Waals surface area contributed by atoms with Crippen molar-refractivity contribution in [1.82, 2.24) is 4.90 Å². The zero-order valence-corrected chi connectivity index (χ0v) is 14.8. The molecule has 0 bridgehead atoms. The van der Waals surface area contributed by atoms with Crippen LogP contribution in [0.4, 0.5) is 0 Å². The van der Waals surface area contributed by atoms with Crippen LogP contribution >= 0.6 is 0 Å². The Morgan fingerprint density at radius 1 is 0.870 bits per heavy atom. The lowest BCUT2D eigenvalue weighted by molar-refractivity contribution is 0.159. The highest BCUT2D eigenvalue weighted by molar-refractivity contribution is 5.35. The number of hydrogen-bond donors (Lipinski definition) is 2. The van der Waals surface area contributed by atoms with Crippen molar-refractivity contribution in [2.75, 3.05) is 39.5 Å². The van der Waals surface area contributed by atoms with Crippen LogP contribution < -0.4 is 4.74 Å². The molecule has 0 amide bonds. The van der Waals surface area contributed by atoms with Crippen LogP contribution in [0, 0.1) is 13.8 Å². The standard InChI is InChI=1S/C19H33NO3/c1-17-8-9-18(2)19(16-17)23-15-7-5-3-4-6-10-20(11-13-21)12-14-22/h8-9,16,21-22H,3-7,10-15H2,1-2H3. The van der Waals surface area contributed by atoms with E-state index in [4.69, 9.17) is 14.9 Å². The lowest BCUT2D eigenvalue weighted by Gasteiger charge is -2.19. The average molecular weight is 323 g/mol. The molecule has 0 saturated heterocycles. The van der Waals surface area contributed by atoms with Gasteiger partial charge in [-0.2, -0.15) is 0 Å². The first-order valence-electron chi connectivity index (χ1n) is 8.81. The van der Waals surface area contributed by atoms with Crippen molar-refractivity contribution < 1.29 is 14.9 Å². The minimum atomic E-state index is 0.162. The molecule has 1 rings (SSSR count).